The normalized spacial score (nSPS) is 10.9. The third-order valence-electron chi connectivity index (χ3n) is 1.63. The van der Waals surface area contributed by atoms with Crippen molar-refractivity contribution in [3.05, 3.63) is 15.1 Å². The smallest absolute Gasteiger partial charge is 0.156 e. The second-order valence-electron chi connectivity index (χ2n) is 3.28. The third-order valence-corrected chi connectivity index (χ3v) is 2.97. The van der Waals surface area contributed by atoms with E-state index in [1.54, 1.807) is 0 Å². The number of nitrogen functional groups attached to an aromatic ring is 1. The average molecular weight is 307 g/mol. The van der Waals surface area contributed by atoms with Gasteiger partial charge in [-0.15, -0.1) is 0 Å². The zero-order valence-electron chi connectivity index (χ0n) is 8.54. The van der Waals surface area contributed by atoms with Crippen LogP contribution in [0.4, 0.5) is 5.82 Å². The van der Waals surface area contributed by atoms with E-state index in [4.69, 9.17) is 10.5 Å². The van der Waals surface area contributed by atoms with Crippen LogP contribution in [0.2, 0.25) is 0 Å². The van der Waals surface area contributed by atoms with Gasteiger partial charge in [-0.25, -0.2) is 9.97 Å². The van der Waals surface area contributed by atoms with E-state index in [-0.39, 0.29) is 6.10 Å². The summed E-state index contributed by atoms with van der Waals surface area (Å²) in [6, 6.07) is 0. The minimum Gasteiger partial charge on any atom is -0.383 e. The third kappa shape index (κ3) is 3.06. The van der Waals surface area contributed by atoms with E-state index in [0.717, 1.165) is 9.26 Å². The first-order valence-corrected chi connectivity index (χ1v) is 5.48. The lowest BCUT2D eigenvalue weighted by atomic mass is 10.4. The Morgan fingerprint density at radius 2 is 2.07 bits per heavy atom. The first-order valence-electron chi connectivity index (χ1n) is 4.40. The van der Waals surface area contributed by atoms with Gasteiger partial charge in [-0.05, 0) is 43.4 Å². The SMILES string of the molecule is Cc1nc(COC(C)C)nc(N)c1I. The van der Waals surface area contributed by atoms with Gasteiger partial charge in [-0.2, -0.15) is 0 Å². The molecule has 1 aromatic rings. The molecule has 0 spiro atoms. The summed E-state index contributed by atoms with van der Waals surface area (Å²) < 4.78 is 6.31. The lowest BCUT2D eigenvalue weighted by Crippen LogP contribution is -2.09. The van der Waals surface area contributed by atoms with Crippen molar-refractivity contribution in [2.45, 2.75) is 33.5 Å². The van der Waals surface area contributed by atoms with E-state index in [9.17, 15) is 0 Å². The van der Waals surface area contributed by atoms with Crippen LogP contribution >= 0.6 is 22.6 Å². The highest BCUT2D eigenvalue weighted by atomic mass is 127. The van der Waals surface area contributed by atoms with Crippen LogP contribution in [-0.2, 0) is 11.3 Å². The molecule has 0 saturated heterocycles. The Morgan fingerprint density at radius 3 is 2.57 bits per heavy atom. The molecule has 5 heteroatoms. The Morgan fingerprint density at radius 1 is 1.43 bits per heavy atom. The number of nitrogens with two attached hydrogens (primary N) is 1. The molecule has 0 aliphatic heterocycles. The fourth-order valence-electron chi connectivity index (χ4n) is 0.947. The molecule has 0 aliphatic carbocycles. The molecule has 0 saturated carbocycles. The number of aromatic nitrogens is 2. The minimum atomic E-state index is 0.180. The first kappa shape index (κ1) is 11.6. The maximum atomic E-state index is 5.71. The molecule has 0 aliphatic rings. The van der Waals surface area contributed by atoms with Crippen molar-refractivity contribution in [1.29, 1.82) is 0 Å². The molecule has 0 radical (unpaired) electrons. The van der Waals surface area contributed by atoms with Crippen LogP contribution in [0.1, 0.15) is 25.4 Å². The summed E-state index contributed by atoms with van der Waals surface area (Å²) in [6.45, 7) is 6.28. The van der Waals surface area contributed by atoms with E-state index in [0.29, 0.717) is 18.2 Å². The Balaban J connectivity index is 2.79. The van der Waals surface area contributed by atoms with Gasteiger partial charge in [0.15, 0.2) is 5.82 Å². The molecular weight excluding hydrogens is 293 g/mol. The van der Waals surface area contributed by atoms with Gasteiger partial charge in [-0.3, -0.25) is 0 Å². The van der Waals surface area contributed by atoms with Crippen LogP contribution in [0.15, 0.2) is 0 Å². The summed E-state index contributed by atoms with van der Waals surface area (Å²) in [7, 11) is 0. The molecule has 78 valence electrons. The van der Waals surface area contributed by atoms with E-state index >= 15 is 0 Å². The number of rotatable bonds is 3. The summed E-state index contributed by atoms with van der Waals surface area (Å²) in [6.07, 6.45) is 0.180. The van der Waals surface area contributed by atoms with Crippen LogP contribution in [0, 0.1) is 10.5 Å². The standard InChI is InChI=1S/C9H14IN3O/c1-5(2)14-4-7-12-6(3)8(10)9(11)13-7/h5H,4H2,1-3H3,(H2,11,12,13). The highest BCUT2D eigenvalue weighted by Crippen LogP contribution is 2.15. The largest absolute Gasteiger partial charge is 0.383 e. The molecule has 2 N–H and O–H groups in total. The Bertz CT molecular complexity index is 305. The van der Waals surface area contributed by atoms with Crippen molar-refractivity contribution in [1.82, 2.24) is 9.97 Å². The monoisotopic (exact) mass is 307 g/mol. The fraction of sp³-hybridized carbons (Fsp3) is 0.556. The van der Waals surface area contributed by atoms with Gasteiger partial charge in [0.05, 0.1) is 15.4 Å². The molecule has 1 heterocycles. The molecule has 0 unspecified atom stereocenters. The fourth-order valence-corrected chi connectivity index (χ4v) is 1.19. The van der Waals surface area contributed by atoms with Crippen molar-refractivity contribution < 1.29 is 4.74 Å². The van der Waals surface area contributed by atoms with Gasteiger partial charge in [0.1, 0.15) is 12.4 Å². The number of hydrogen-bond acceptors (Lipinski definition) is 4. The Kier molecular flexibility index (Phi) is 4.06. The average Bonchev–Trinajstić information content (AvgIpc) is 2.10. The summed E-state index contributed by atoms with van der Waals surface area (Å²) >= 11 is 2.14. The predicted molar refractivity (Wildman–Crippen MR) is 63.8 cm³/mol. The number of ether oxygens (including phenoxy) is 1. The highest BCUT2D eigenvalue weighted by Gasteiger charge is 2.06. The lowest BCUT2D eigenvalue weighted by Gasteiger charge is -2.08. The van der Waals surface area contributed by atoms with Crippen LogP contribution in [-0.4, -0.2) is 16.1 Å². The van der Waals surface area contributed by atoms with Crippen LogP contribution in [0.5, 0.6) is 0 Å². The molecule has 4 nitrogen and oxygen atoms in total. The molecule has 0 aromatic carbocycles. The van der Waals surface area contributed by atoms with Gasteiger partial charge in [0.25, 0.3) is 0 Å². The van der Waals surface area contributed by atoms with Gasteiger partial charge < -0.3 is 10.5 Å². The number of halogens is 1. The van der Waals surface area contributed by atoms with E-state index in [1.165, 1.54) is 0 Å². The molecule has 0 bridgehead atoms. The molecule has 0 atom stereocenters. The van der Waals surface area contributed by atoms with Crippen molar-refractivity contribution in [3.63, 3.8) is 0 Å². The number of hydrogen-bond donors (Lipinski definition) is 1. The summed E-state index contributed by atoms with van der Waals surface area (Å²) in [5.41, 5.74) is 6.62. The quantitative estimate of drug-likeness (QED) is 0.866. The second-order valence-corrected chi connectivity index (χ2v) is 4.36. The molecule has 14 heavy (non-hydrogen) atoms. The van der Waals surface area contributed by atoms with Crippen LogP contribution < -0.4 is 5.73 Å². The van der Waals surface area contributed by atoms with Crippen molar-refractivity contribution in [3.8, 4) is 0 Å². The van der Waals surface area contributed by atoms with Crippen LogP contribution in [0.3, 0.4) is 0 Å². The highest BCUT2D eigenvalue weighted by molar-refractivity contribution is 14.1. The maximum Gasteiger partial charge on any atom is 0.156 e. The van der Waals surface area contributed by atoms with E-state index in [1.807, 2.05) is 20.8 Å². The van der Waals surface area contributed by atoms with Gasteiger partial charge in [0, 0.05) is 0 Å². The molecule has 1 rings (SSSR count). The van der Waals surface area contributed by atoms with Crippen LogP contribution in [0.25, 0.3) is 0 Å². The zero-order chi connectivity index (χ0) is 10.7. The summed E-state index contributed by atoms with van der Waals surface area (Å²) in [5.74, 6) is 1.18. The van der Waals surface area contributed by atoms with Crippen molar-refractivity contribution in [2.75, 3.05) is 5.73 Å². The maximum absolute atomic E-state index is 5.71. The number of anilines is 1. The zero-order valence-corrected chi connectivity index (χ0v) is 10.7. The Hall–Kier alpha value is -0.430. The second kappa shape index (κ2) is 4.88. The Labute approximate surface area is 97.4 Å². The number of nitrogens with zero attached hydrogens (tertiary/aromatic N) is 2. The lowest BCUT2D eigenvalue weighted by molar-refractivity contribution is 0.0612. The number of aryl methyl sites for hydroxylation is 1. The van der Waals surface area contributed by atoms with E-state index in [2.05, 4.69) is 32.6 Å². The molecule has 0 fully saturated rings. The first-order chi connectivity index (χ1) is 6.50. The molecule has 0 amide bonds. The van der Waals surface area contributed by atoms with E-state index < -0.39 is 0 Å². The van der Waals surface area contributed by atoms with Gasteiger partial charge in [0.2, 0.25) is 0 Å². The summed E-state index contributed by atoms with van der Waals surface area (Å²) in [5, 5.41) is 0. The minimum absolute atomic E-state index is 0.180. The summed E-state index contributed by atoms with van der Waals surface area (Å²) in [4.78, 5) is 8.42. The topological polar surface area (TPSA) is 61.0 Å². The predicted octanol–water partition coefficient (Wildman–Crippen LogP) is 1.90. The van der Waals surface area contributed by atoms with Gasteiger partial charge >= 0.3 is 0 Å². The molecule has 1 aromatic heterocycles. The van der Waals surface area contributed by atoms with Gasteiger partial charge in [-0.1, -0.05) is 0 Å². The molecular formula is C9H14IN3O. The van der Waals surface area contributed by atoms with Crippen molar-refractivity contribution >= 4 is 28.4 Å². The van der Waals surface area contributed by atoms with Crippen molar-refractivity contribution in [2.24, 2.45) is 0 Å².